The molecule has 17 heavy (non-hydrogen) atoms. The van der Waals surface area contributed by atoms with E-state index in [-0.39, 0.29) is 22.7 Å². The van der Waals surface area contributed by atoms with Gasteiger partial charge in [0.25, 0.3) is 0 Å². The minimum absolute atomic E-state index is 0.0347. The molecule has 0 amide bonds. The molecule has 0 bridgehead atoms. The van der Waals surface area contributed by atoms with E-state index in [2.05, 4.69) is 14.4 Å². The molecule has 0 fully saturated rings. The van der Waals surface area contributed by atoms with E-state index in [0.29, 0.717) is 0 Å². The number of nitrogen functional groups attached to an aromatic ring is 1. The van der Waals surface area contributed by atoms with Crippen molar-refractivity contribution in [2.75, 3.05) is 12.8 Å². The van der Waals surface area contributed by atoms with Crippen LogP contribution in [0.1, 0.15) is 10.4 Å². The Bertz CT molecular complexity index is 566. The summed E-state index contributed by atoms with van der Waals surface area (Å²) in [5.41, 5.74) is 5.55. The maximum atomic E-state index is 13.6. The lowest BCUT2D eigenvalue weighted by molar-refractivity contribution is 0.0602. The molecule has 1 aromatic heterocycles. The summed E-state index contributed by atoms with van der Waals surface area (Å²) >= 11 is 0. The molecule has 0 atom stereocenters. The molecule has 0 saturated heterocycles. The molecule has 6 heteroatoms. The lowest BCUT2D eigenvalue weighted by atomic mass is 10.1. The lowest BCUT2D eigenvalue weighted by Gasteiger charge is -2.01. The fraction of sp³-hybridized carbons (Fsp3) is 0.0909. The summed E-state index contributed by atoms with van der Waals surface area (Å²) in [6.07, 6.45) is 0. The Balaban J connectivity index is 2.61. The Labute approximate surface area is 96.0 Å². The molecule has 2 N–H and O–H groups in total. The first-order chi connectivity index (χ1) is 8.15. The fourth-order valence-corrected chi connectivity index (χ4v) is 1.44. The van der Waals surface area contributed by atoms with Crippen LogP contribution in [0.4, 0.5) is 10.3 Å². The number of carbonyl (C=O) groups is 1. The average molecular weight is 236 g/mol. The molecule has 0 aliphatic carbocycles. The standard InChI is InChI=1S/C11H9FN2O3/c1-16-11(15)8-9(14-17-10(8)13)6-4-2-3-5-7(6)12/h2-5H,13H2,1H3. The normalized spacial score (nSPS) is 10.2. The van der Waals surface area contributed by atoms with Crippen LogP contribution < -0.4 is 5.73 Å². The van der Waals surface area contributed by atoms with Crippen molar-refractivity contribution in [3.63, 3.8) is 0 Å². The summed E-state index contributed by atoms with van der Waals surface area (Å²) in [6.45, 7) is 0. The average Bonchev–Trinajstić information content (AvgIpc) is 2.71. The Kier molecular flexibility index (Phi) is 2.78. The van der Waals surface area contributed by atoms with Crippen LogP contribution in [-0.2, 0) is 4.74 Å². The summed E-state index contributed by atoms with van der Waals surface area (Å²) in [5, 5.41) is 3.58. The summed E-state index contributed by atoms with van der Waals surface area (Å²) in [7, 11) is 1.19. The highest BCUT2D eigenvalue weighted by Gasteiger charge is 2.24. The van der Waals surface area contributed by atoms with Crippen molar-refractivity contribution >= 4 is 11.9 Å². The minimum Gasteiger partial charge on any atom is -0.465 e. The predicted octanol–water partition coefficient (Wildman–Crippen LogP) is 1.85. The number of rotatable bonds is 2. The number of hydrogen-bond donors (Lipinski definition) is 1. The van der Waals surface area contributed by atoms with Gasteiger partial charge in [0, 0.05) is 5.56 Å². The van der Waals surface area contributed by atoms with Crippen molar-refractivity contribution in [3.8, 4) is 11.3 Å². The maximum absolute atomic E-state index is 13.6. The van der Waals surface area contributed by atoms with Gasteiger partial charge >= 0.3 is 5.97 Å². The zero-order valence-corrected chi connectivity index (χ0v) is 8.94. The number of nitrogens with zero attached hydrogens (tertiary/aromatic N) is 1. The van der Waals surface area contributed by atoms with Gasteiger partial charge in [-0.1, -0.05) is 17.3 Å². The maximum Gasteiger partial charge on any atom is 0.345 e. The summed E-state index contributed by atoms with van der Waals surface area (Å²) in [4.78, 5) is 11.5. The number of methoxy groups -OCH3 is 1. The van der Waals surface area contributed by atoms with E-state index in [1.807, 2.05) is 0 Å². The monoisotopic (exact) mass is 236 g/mol. The number of esters is 1. The number of nitrogens with two attached hydrogens (primary N) is 1. The molecule has 0 radical (unpaired) electrons. The van der Waals surface area contributed by atoms with E-state index in [1.165, 1.54) is 25.3 Å². The van der Waals surface area contributed by atoms with Gasteiger partial charge in [0.2, 0.25) is 5.88 Å². The molecule has 0 aliphatic rings. The van der Waals surface area contributed by atoms with Crippen molar-refractivity contribution in [1.82, 2.24) is 5.16 Å². The Morgan fingerprint density at radius 2 is 2.18 bits per heavy atom. The summed E-state index contributed by atoms with van der Waals surface area (Å²) in [6, 6.07) is 5.87. The second-order valence-corrected chi connectivity index (χ2v) is 3.24. The van der Waals surface area contributed by atoms with E-state index >= 15 is 0 Å². The van der Waals surface area contributed by atoms with Gasteiger partial charge in [-0.05, 0) is 12.1 Å². The first-order valence-corrected chi connectivity index (χ1v) is 4.73. The Morgan fingerprint density at radius 1 is 1.47 bits per heavy atom. The largest absolute Gasteiger partial charge is 0.465 e. The number of ether oxygens (including phenoxy) is 1. The van der Waals surface area contributed by atoms with Crippen LogP contribution in [0.15, 0.2) is 28.8 Å². The van der Waals surface area contributed by atoms with Crippen LogP contribution in [0.25, 0.3) is 11.3 Å². The van der Waals surface area contributed by atoms with Gasteiger partial charge in [0.15, 0.2) is 5.56 Å². The molecule has 2 aromatic rings. The van der Waals surface area contributed by atoms with Crippen LogP contribution >= 0.6 is 0 Å². The number of aromatic nitrogens is 1. The van der Waals surface area contributed by atoms with Gasteiger partial charge in [0.1, 0.15) is 11.5 Å². The van der Waals surface area contributed by atoms with Gasteiger partial charge in [0.05, 0.1) is 7.11 Å². The van der Waals surface area contributed by atoms with E-state index < -0.39 is 11.8 Å². The second-order valence-electron chi connectivity index (χ2n) is 3.24. The third-order valence-electron chi connectivity index (χ3n) is 2.24. The van der Waals surface area contributed by atoms with Crippen LogP contribution in [0, 0.1) is 5.82 Å². The van der Waals surface area contributed by atoms with Crippen molar-refractivity contribution in [1.29, 1.82) is 0 Å². The number of carbonyl (C=O) groups excluding carboxylic acids is 1. The molecule has 88 valence electrons. The van der Waals surface area contributed by atoms with E-state index in [1.54, 1.807) is 6.07 Å². The first-order valence-electron chi connectivity index (χ1n) is 4.73. The Morgan fingerprint density at radius 3 is 2.82 bits per heavy atom. The highest BCUT2D eigenvalue weighted by atomic mass is 19.1. The topological polar surface area (TPSA) is 78.3 Å². The van der Waals surface area contributed by atoms with Crippen LogP contribution in [0.3, 0.4) is 0 Å². The number of hydrogen-bond acceptors (Lipinski definition) is 5. The van der Waals surface area contributed by atoms with Gasteiger partial charge in [-0.2, -0.15) is 0 Å². The molecular weight excluding hydrogens is 227 g/mol. The predicted molar refractivity (Wildman–Crippen MR) is 57.6 cm³/mol. The van der Waals surface area contributed by atoms with Crippen molar-refractivity contribution < 1.29 is 18.4 Å². The second kappa shape index (κ2) is 4.25. The zero-order chi connectivity index (χ0) is 12.4. The van der Waals surface area contributed by atoms with Gasteiger partial charge < -0.3 is 15.0 Å². The molecule has 0 aliphatic heterocycles. The quantitative estimate of drug-likeness (QED) is 0.805. The fourth-order valence-electron chi connectivity index (χ4n) is 1.44. The third-order valence-corrected chi connectivity index (χ3v) is 2.24. The molecular formula is C11H9FN2O3. The molecule has 2 rings (SSSR count). The molecule has 1 heterocycles. The molecule has 5 nitrogen and oxygen atoms in total. The highest BCUT2D eigenvalue weighted by Crippen LogP contribution is 2.29. The van der Waals surface area contributed by atoms with E-state index in [0.717, 1.165) is 0 Å². The van der Waals surface area contributed by atoms with Gasteiger partial charge in [-0.15, -0.1) is 0 Å². The van der Waals surface area contributed by atoms with Crippen LogP contribution in [0.5, 0.6) is 0 Å². The van der Waals surface area contributed by atoms with Gasteiger partial charge in [-0.25, -0.2) is 9.18 Å². The number of anilines is 1. The van der Waals surface area contributed by atoms with E-state index in [9.17, 15) is 9.18 Å². The molecule has 0 saturated carbocycles. The zero-order valence-electron chi connectivity index (χ0n) is 8.94. The number of halogens is 1. The SMILES string of the molecule is COC(=O)c1c(-c2ccccc2F)noc1N. The molecule has 1 aromatic carbocycles. The Hall–Kier alpha value is -2.37. The smallest absolute Gasteiger partial charge is 0.345 e. The summed E-state index contributed by atoms with van der Waals surface area (Å²) in [5.74, 6) is -1.44. The number of benzene rings is 1. The first kappa shape index (κ1) is 11.1. The van der Waals surface area contributed by atoms with Crippen LogP contribution in [0.2, 0.25) is 0 Å². The highest BCUT2D eigenvalue weighted by molar-refractivity contribution is 6.00. The van der Waals surface area contributed by atoms with Crippen molar-refractivity contribution in [2.45, 2.75) is 0 Å². The lowest BCUT2D eigenvalue weighted by Crippen LogP contribution is -2.05. The molecule has 0 unspecified atom stereocenters. The van der Waals surface area contributed by atoms with E-state index in [4.69, 9.17) is 5.73 Å². The van der Waals surface area contributed by atoms with Crippen molar-refractivity contribution in [3.05, 3.63) is 35.6 Å². The van der Waals surface area contributed by atoms with Crippen molar-refractivity contribution in [2.24, 2.45) is 0 Å². The van der Waals surface area contributed by atoms with Crippen LogP contribution in [-0.4, -0.2) is 18.2 Å². The third kappa shape index (κ3) is 1.84. The molecule has 0 spiro atoms. The summed E-state index contributed by atoms with van der Waals surface area (Å²) < 4.78 is 22.8. The van der Waals surface area contributed by atoms with Gasteiger partial charge in [-0.3, -0.25) is 0 Å². The minimum atomic E-state index is -0.720.